The second kappa shape index (κ2) is 8.15. The van der Waals surface area contributed by atoms with Crippen LogP contribution in [-0.4, -0.2) is 55.2 Å². The zero-order valence-corrected chi connectivity index (χ0v) is 13.9. The fourth-order valence-electron chi connectivity index (χ4n) is 3.22. The van der Waals surface area contributed by atoms with Crippen LogP contribution in [0.25, 0.3) is 0 Å². The Morgan fingerprint density at radius 1 is 1.29 bits per heavy atom. The average Bonchev–Trinajstić information content (AvgIpc) is 2.81. The van der Waals surface area contributed by atoms with Gasteiger partial charge < -0.3 is 20.3 Å². The van der Waals surface area contributed by atoms with E-state index < -0.39 is 6.04 Å². The van der Waals surface area contributed by atoms with Gasteiger partial charge in [0.2, 0.25) is 5.91 Å². The Morgan fingerprint density at radius 2 is 2.12 bits per heavy atom. The molecule has 6 nitrogen and oxygen atoms in total. The van der Waals surface area contributed by atoms with Crippen LogP contribution in [-0.2, 0) is 16.0 Å². The molecule has 3 rings (SSSR count). The lowest BCUT2D eigenvalue weighted by atomic mass is 10.1. The predicted octanol–water partition coefficient (Wildman–Crippen LogP) is 1.31. The lowest BCUT2D eigenvalue weighted by Crippen LogP contribution is -2.54. The summed E-state index contributed by atoms with van der Waals surface area (Å²) in [7, 11) is 0. The molecule has 0 radical (unpaired) electrons. The first-order valence-electron chi connectivity index (χ1n) is 8.71. The summed E-state index contributed by atoms with van der Waals surface area (Å²) in [4.78, 5) is 26.2. The fraction of sp³-hybridized carbons (Fsp3) is 0.556. The third-order valence-electron chi connectivity index (χ3n) is 4.57. The minimum atomic E-state index is -0.421. The van der Waals surface area contributed by atoms with Crippen LogP contribution in [0.1, 0.15) is 24.8 Å². The summed E-state index contributed by atoms with van der Waals surface area (Å²) < 4.78 is 5.79. The summed E-state index contributed by atoms with van der Waals surface area (Å²) >= 11 is 0. The van der Waals surface area contributed by atoms with Crippen LogP contribution in [0.4, 0.5) is 4.79 Å². The number of nitrogens with one attached hydrogen (secondary N) is 2. The molecule has 2 aliphatic heterocycles. The van der Waals surface area contributed by atoms with Gasteiger partial charge in [0.05, 0.1) is 12.7 Å². The van der Waals surface area contributed by atoms with Crippen molar-refractivity contribution in [3.05, 3.63) is 35.9 Å². The highest BCUT2D eigenvalue weighted by Gasteiger charge is 2.28. The van der Waals surface area contributed by atoms with Crippen LogP contribution >= 0.6 is 0 Å². The molecule has 6 heteroatoms. The van der Waals surface area contributed by atoms with Crippen molar-refractivity contribution >= 4 is 11.9 Å². The molecule has 2 fully saturated rings. The lowest BCUT2D eigenvalue weighted by molar-refractivity contribution is -0.122. The second-order valence-corrected chi connectivity index (χ2v) is 6.42. The summed E-state index contributed by atoms with van der Waals surface area (Å²) in [5.74, 6) is -0.0741. The molecule has 2 N–H and O–H groups in total. The molecule has 0 spiro atoms. The number of urea groups is 1. The zero-order chi connectivity index (χ0) is 16.8. The number of carbonyl (C=O) groups is 2. The molecule has 2 heterocycles. The van der Waals surface area contributed by atoms with E-state index in [4.69, 9.17) is 4.74 Å². The zero-order valence-electron chi connectivity index (χ0n) is 13.9. The van der Waals surface area contributed by atoms with Gasteiger partial charge in [-0.25, -0.2) is 4.79 Å². The minimum Gasteiger partial charge on any atom is -0.374 e. The fourth-order valence-corrected chi connectivity index (χ4v) is 3.22. The van der Waals surface area contributed by atoms with Crippen LogP contribution < -0.4 is 10.6 Å². The number of carbonyl (C=O) groups excluding carboxylic acids is 2. The number of hydrogen-bond donors (Lipinski definition) is 2. The van der Waals surface area contributed by atoms with Crippen LogP contribution in [0.15, 0.2) is 30.3 Å². The van der Waals surface area contributed by atoms with E-state index in [-0.39, 0.29) is 18.0 Å². The maximum absolute atomic E-state index is 12.5. The van der Waals surface area contributed by atoms with Crippen LogP contribution in [0.2, 0.25) is 0 Å². The van der Waals surface area contributed by atoms with Crippen molar-refractivity contribution in [1.82, 2.24) is 15.5 Å². The summed E-state index contributed by atoms with van der Waals surface area (Å²) in [5, 5.41) is 5.73. The topological polar surface area (TPSA) is 70.7 Å². The van der Waals surface area contributed by atoms with Gasteiger partial charge >= 0.3 is 6.03 Å². The number of hydrogen-bond acceptors (Lipinski definition) is 3. The van der Waals surface area contributed by atoms with Gasteiger partial charge in [-0.05, 0) is 24.8 Å². The number of morpholine rings is 1. The molecule has 0 aromatic heterocycles. The highest BCUT2D eigenvalue weighted by atomic mass is 16.5. The van der Waals surface area contributed by atoms with Crippen molar-refractivity contribution in [2.24, 2.45) is 0 Å². The Bertz CT molecular complexity index is 564. The van der Waals surface area contributed by atoms with Crippen molar-refractivity contribution in [2.75, 3.05) is 26.2 Å². The van der Waals surface area contributed by atoms with Crippen LogP contribution in [0.5, 0.6) is 0 Å². The SMILES string of the molecule is O=C1NCCCC[C@H]1NC(=O)N1CCO[C@@H](Cc2ccccc2)C1. The maximum Gasteiger partial charge on any atom is 0.318 e. The number of amides is 3. The molecule has 0 aliphatic carbocycles. The maximum atomic E-state index is 12.5. The standard InChI is InChI=1S/C18H25N3O3/c22-17-16(8-4-5-9-19-17)20-18(23)21-10-11-24-15(13-21)12-14-6-2-1-3-7-14/h1-3,6-7,15-16H,4-5,8-13H2,(H,19,22)(H,20,23)/t15-,16+/m0/s1. The van der Waals surface area contributed by atoms with Crippen molar-refractivity contribution < 1.29 is 14.3 Å². The van der Waals surface area contributed by atoms with Crippen molar-refractivity contribution in [3.8, 4) is 0 Å². The van der Waals surface area contributed by atoms with E-state index in [2.05, 4.69) is 22.8 Å². The van der Waals surface area contributed by atoms with E-state index in [1.54, 1.807) is 4.90 Å². The normalized spacial score (nSPS) is 24.8. The number of ether oxygens (including phenoxy) is 1. The van der Waals surface area contributed by atoms with Gasteiger partial charge in [-0.3, -0.25) is 4.79 Å². The Kier molecular flexibility index (Phi) is 5.69. The molecule has 1 aromatic carbocycles. The summed E-state index contributed by atoms with van der Waals surface area (Å²) in [6, 6.07) is 9.55. The third kappa shape index (κ3) is 4.47. The Labute approximate surface area is 142 Å². The number of benzene rings is 1. The van der Waals surface area contributed by atoms with E-state index in [1.165, 1.54) is 5.56 Å². The molecule has 1 aromatic rings. The first-order chi connectivity index (χ1) is 11.7. The van der Waals surface area contributed by atoms with E-state index in [0.717, 1.165) is 19.3 Å². The summed E-state index contributed by atoms with van der Waals surface area (Å²) in [5.41, 5.74) is 1.20. The van der Waals surface area contributed by atoms with Gasteiger partial charge in [-0.1, -0.05) is 30.3 Å². The average molecular weight is 331 g/mol. The van der Waals surface area contributed by atoms with Crippen molar-refractivity contribution in [2.45, 2.75) is 37.8 Å². The molecule has 0 unspecified atom stereocenters. The van der Waals surface area contributed by atoms with E-state index in [9.17, 15) is 9.59 Å². The first-order valence-corrected chi connectivity index (χ1v) is 8.71. The molecule has 0 bridgehead atoms. The van der Waals surface area contributed by atoms with E-state index in [0.29, 0.717) is 32.7 Å². The monoisotopic (exact) mass is 331 g/mol. The second-order valence-electron chi connectivity index (χ2n) is 6.42. The van der Waals surface area contributed by atoms with Crippen molar-refractivity contribution in [1.29, 1.82) is 0 Å². The molecule has 24 heavy (non-hydrogen) atoms. The molecule has 130 valence electrons. The van der Waals surface area contributed by atoms with Gasteiger partial charge in [0.1, 0.15) is 6.04 Å². The van der Waals surface area contributed by atoms with E-state index in [1.807, 2.05) is 18.2 Å². The summed E-state index contributed by atoms with van der Waals surface area (Å²) in [6.45, 7) is 2.34. The smallest absolute Gasteiger partial charge is 0.318 e. The summed E-state index contributed by atoms with van der Waals surface area (Å²) in [6.07, 6.45) is 3.40. The lowest BCUT2D eigenvalue weighted by Gasteiger charge is -2.34. The Balaban J connectivity index is 1.53. The van der Waals surface area contributed by atoms with Gasteiger partial charge in [0.15, 0.2) is 0 Å². The molecule has 3 amide bonds. The van der Waals surface area contributed by atoms with Crippen molar-refractivity contribution in [3.63, 3.8) is 0 Å². The molecule has 2 aliphatic rings. The van der Waals surface area contributed by atoms with Gasteiger partial charge in [-0.2, -0.15) is 0 Å². The molecule has 2 atom stereocenters. The largest absolute Gasteiger partial charge is 0.374 e. The number of rotatable bonds is 3. The molecule has 0 saturated carbocycles. The molecule has 2 saturated heterocycles. The minimum absolute atomic E-state index is 0.00476. The third-order valence-corrected chi connectivity index (χ3v) is 4.57. The molecular weight excluding hydrogens is 306 g/mol. The van der Waals surface area contributed by atoms with E-state index >= 15 is 0 Å². The quantitative estimate of drug-likeness (QED) is 0.877. The van der Waals surface area contributed by atoms with Gasteiger partial charge in [-0.15, -0.1) is 0 Å². The predicted molar refractivity (Wildman–Crippen MR) is 90.6 cm³/mol. The highest BCUT2D eigenvalue weighted by molar-refractivity contribution is 5.87. The Hall–Kier alpha value is -2.08. The van der Waals surface area contributed by atoms with Crippen LogP contribution in [0, 0.1) is 0 Å². The van der Waals surface area contributed by atoms with Gasteiger partial charge in [0, 0.05) is 26.1 Å². The van der Waals surface area contributed by atoms with Crippen LogP contribution in [0.3, 0.4) is 0 Å². The number of nitrogens with zero attached hydrogens (tertiary/aromatic N) is 1. The highest BCUT2D eigenvalue weighted by Crippen LogP contribution is 2.13. The van der Waals surface area contributed by atoms with Gasteiger partial charge in [0.25, 0.3) is 0 Å². The Morgan fingerprint density at radius 3 is 2.96 bits per heavy atom. The first kappa shape index (κ1) is 16.8. The molecular formula is C18H25N3O3.